The van der Waals surface area contributed by atoms with Gasteiger partial charge in [-0.25, -0.2) is 4.79 Å². The Kier molecular flexibility index (Phi) is 6.21. The second-order valence-electron chi connectivity index (χ2n) is 1.56. The fourth-order valence-electron chi connectivity index (χ4n) is 0.455. The predicted molar refractivity (Wildman–Crippen MR) is 44.9 cm³/mol. The monoisotopic (exact) mass is 200 g/mol. The number of nitrogens with zero attached hydrogens (tertiary/aromatic N) is 3. The van der Waals surface area contributed by atoms with E-state index in [1.165, 1.54) is 16.8 Å². The van der Waals surface area contributed by atoms with Gasteiger partial charge >= 0.3 is 5.97 Å². The molecule has 0 aliphatic heterocycles. The molecule has 0 unspecified atom stereocenters. The molecule has 0 aliphatic carbocycles. The number of hydrogen-bond donors (Lipinski definition) is 0. The highest BCUT2D eigenvalue weighted by atomic mass is 32.1. The number of esters is 1. The molecule has 0 aliphatic rings. The van der Waals surface area contributed by atoms with E-state index in [1.54, 1.807) is 6.92 Å². The normalized spacial score (nSPS) is 7.77. The SMILES string of the molecule is CCOC(=O)c1nncs1.[N-]=C=O. The molecule has 0 fully saturated rings. The van der Waals surface area contributed by atoms with Crippen molar-refractivity contribution in [2.45, 2.75) is 6.92 Å². The first-order chi connectivity index (χ1) is 6.26. The average molecular weight is 200 g/mol. The van der Waals surface area contributed by atoms with Crippen molar-refractivity contribution in [3.8, 4) is 0 Å². The fraction of sp³-hybridized carbons (Fsp3) is 0.333. The lowest BCUT2D eigenvalue weighted by atomic mass is 10.7. The fourth-order valence-corrected chi connectivity index (χ4v) is 0.898. The van der Waals surface area contributed by atoms with E-state index in [2.05, 4.69) is 14.9 Å². The predicted octanol–water partition coefficient (Wildman–Crippen LogP) is 0.606. The molecule has 0 spiro atoms. The molecule has 0 saturated carbocycles. The molecular formula is C6H6N3O3S-. The molecule has 0 atom stereocenters. The van der Waals surface area contributed by atoms with Crippen LogP contribution < -0.4 is 0 Å². The zero-order valence-corrected chi connectivity index (χ0v) is 7.58. The molecule has 1 aromatic rings. The second kappa shape index (κ2) is 7.08. The Bertz CT molecular complexity index is 279. The minimum absolute atomic E-state index is 0.307. The summed E-state index contributed by atoms with van der Waals surface area (Å²) in [5.74, 6) is -0.398. The van der Waals surface area contributed by atoms with E-state index in [4.69, 9.17) is 10.2 Å². The molecule has 13 heavy (non-hydrogen) atoms. The number of carbonyl (C=O) groups excluding carboxylic acids is 2. The van der Waals surface area contributed by atoms with Gasteiger partial charge in [-0.1, -0.05) is 11.3 Å². The number of ether oxygens (including phenoxy) is 1. The standard InChI is InChI=1S/C5H6N2O2S.CNO/c1-2-9-5(8)4-7-6-3-10-4;2-1-3/h3H,2H2,1H3;/q;-1. The quantitative estimate of drug-likeness (QED) is 0.396. The van der Waals surface area contributed by atoms with Gasteiger partial charge in [0.2, 0.25) is 5.01 Å². The molecular weight excluding hydrogens is 194 g/mol. The maximum atomic E-state index is 10.8. The van der Waals surface area contributed by atoms with Gasteiger partial charge in [-0.15, -0.1) is 10.2 Å². The van der Waals surface area contributed by atoms with Crippen LogP contribution in [0.4, 0.5) is 0 Å². The van der Waals surface area contributed by atoms with Crippen LogP contribution >= 0.6 is 11.3 Å². The van der Waals surface area contributed by atoms with Crippen molar-refractivity contribution in [1.82, 2.24) is 10.2 Å². The first kappa shape index (κ1) is 11.4. The number of hydrogen-bond acceptors (Lipinski definition) is 6. The Morgan fingerprint density at radius 3 is 2.85 bits per heavy atom. The van der Waals surface area contributed by atoms with Gasteiger partial charge in [0, 0.05) is 0 Å². The third-order valence-electron chi connectivity index (χ3n) is 0.810. The van der Waals surface area contributed by atoms with Crippen molar-refractivity contribution < 1.29 is 14.3 Å². The van der Waals surface area contributed by atoms with Crippen LogP contribution in [-0.2, 0) is 9.53 Å². The summed E-state index contributed by atoms with van der Waals surface area (Å²) in [6.07, 6.45) is 0.500. The van der Waals surface area contributed by atoms with Crippen LogP contribution in [0.3, 0.4) is 0 Å². The summed E-state index contributed by atoms with van der Waals surface area (Å²) in [6, 6.07) is 0. The summed E-state index contributed by atoms with van der Waals surface area (Å²) in [4.78, 5) is 19.0. The van der Waals surface area contributed by atoms with Gasteiger partial charge in [0.25, 0.3) is 0 Å². The van der Waals surface area contributed by atoms with Crippen LogP contribution in [0.25, 0.3) is 5.41 Å². The molecule has 0 bridgehead atoms. The molecule has 7 heteroatoms. The Balaban J connectivity index is 0.000000424. The molecule has 6 nitrogen and oxygen atoms in total. The van der Waals surface area contributed by atoms with Crippen LogP contribution in [-0.4, -0.2) is 28.9 Å². The van der Waals surface area contributed by atoms with Gasteiger partial charge in [-0.2, -0.15) is 0 Å². The van der Waals surface area contributed by atoms with E-state index in [-0.39, 0.29) is 0 Å². The van der Waals surface area contributed by atoms with Crippen molar-refractivity contribution in [3.05, 3.63) is 15.9 Å². The summed E-state index contributed by atoms with van der Waals surface area (Å²) < 4.78 is 4.66. The van der Waals surface area contributed by atoms with Crippen LogP contribution in [0.1, 0.15) is 16.7 Å². The highest BCUT2D eigenvalue weighted by Gasteiger charge is 2.08. The van der Waals surface area contributed by atoms with Gasteiger partial charge in [-0.05, 0) is 13.0 Å². The van der Waals surface area contributed by atoms with Crippen molar-refractivity contribution in [2.24, 2.45) is 0 Å². The minimum atomic E-state index is -0.398. The maximum absolute atomic E-state index is 10.8. The van der Waals surface area contributed by atoms with Crippen LogP contribution in [0.5, 0.6) is 0 Å². The van der Waals surface area contributed by atoms with Crippen molar-refractivity contribution in [2.75, 3.05) is 6.61 Å². The lowest BCUT2D eigenvalue weighted by Gasteiger charge is -1.93. The van der Waals surface area contributed by atoms with Gasteiger partial charge in [0.15, 0.2) is 0 Å². The summed E-state index contributed by atoms with van der Waals surface area (Å²) >= 11 is 1.17. The molecule has 1 rings (SSSR count). The smallest absolute Gasteiger partial charge is 0.369 e. The number of carbonyl (C=O) groups is 1. The number of rotatable bonds is 2. The van der Waals surface area contributed by atoms with E-state index < -0.39 is 5.97 Å². The topological polar surface area (TPSA) is 91.4 Å². The van der Waals surface area contributed by atoms with E-state index >= 15 is 0 Å². The zero-order valence-electron chi connectivity index (χ0n) is 6.76. The Morgan fingerprint density at radius 1 is 1.85 bits per heavy atom. The van der Waals surface area contributed by atoms with E-state index in [9.17, 15) is 4.79 Å². The molecule has 0 radical (unpaired) electrons. The first-order valence-electron chi connectivity index (χ1n) is 3.20. The molecule has 0 N–H and O–H groups in total. The number of isocyanates is 1. The van der Waals surface area contributed by atoms with Crippen molar-refractivity contribution >= 4 is 23.4 Å². The third-order valence-corrected chi connectivity index (χ3v) is 1.48. The van der Waals surface area contributed by atoms with Crippen molar-refractivity contribution in [1.29, 1.82) is 0 Å². The third kappa shape index (κ3) is 4.78. The molecule has 1 heterocycles. The minimum Gasteiger partial charge on any atom is -0.724 e. The average Bonchev–Trinajstić information content (AvgIpc) is 2.58. The van der Waals surface area contributed by atoms with E-state index in [0.717, 1.165) is 0 Å². The summed E-state index contributed by atoms with van der Waals surface area (Å²) in [5, 5.41) is 14.1. The largest absolute Gasteiger partial charge is 0.724 e. The van der Waals surface area contributed by atoms with Crippen LogP contribution in [0.2, 0.25) is 0 Å². The first-order valence-corrected chi connectivity index (χ1v) is 4.08. The zero-order chi connectivity index (χ0) is 10.1. The van der Waals surface area contributed by atoms with Gasteiger partial charge in [0.1, 0.15) is 5.51 Å². The highest BCUT2D eigenvalue weighted by Crippen LogP contribution is 2.02. The molecule has 0 saturated heterocycles. The maximum Gasteiger partial charge on any atom is 0.369 e. The lowest BCUT2D eigenvalue weighted by Crippen LogP contribution is -2.03. The van der Waals surface area contributed by atoms with Crippen LogP contribution in [0, 0.1) is 0 Å². The van der Waals surface area contributed by atoms with E-state index in [0.29, 0.717) is 17.7 Å². The van der Waals surface area contributed by atoms with E-state index in [1.807, 2.05) is 0 Å². The number of aromatic nitrogens is 2. The van der Waals surface area contributed by atoms with Crippen LogP contribution in [0.15, 0.2) is 5.51 Å². The summed E-state index contributed by atoms with van der Waals surface area (Å²) in [5.41, 5.74) is 1.49. The molecule has 0 aromatic carbocycles. The highest BCUT2D eigenvalue weighted by molar-refractivity contribution is 7.11. The molecule has 0 amide bonds. The Hall–Kier alpha value is -1.59. The van der Waals surface area contributed by atoms with Crippen molar-refractivity contribution in [3.63, 3.8) is 0 Å². The lowest BCUT2D eigenvalue weighted by molar-refractivity contribution is 0.0525. The molecule has 1 aromatic heterocycles. The molecule has 70 valence electrons. The second-order valence-corrected chi connectivity index (χ2v) is 2.39. The Morgan fingerprint density at radius 2 is 2.46 bits per heavy atom. The van der Waals surface area contributed by atoms with Gasteiger partial charge in [-0.3, -0.25) is 4.79 Å². The van der Waals surface area contributed by atoms with Gasteiger partial charge in [0.05, 0.1) is 6.61 Å². The van der Waals surface area contributed by atoms with Gasteiger partial charge < -0.3 is 10.1 Å². The Labute approximate surface area is 78.1 Å². The summed E-state index contributed by atoms with van der Waals surface area (Å²) in [6.45, 7) is 2.12. The summed E-state index contributed by atoms with van der Waals surface area (Å²) in [7, 11) is 0.